The number of carbonyl (C=O) groups excluding carboxylic acids is 1. The molecule has 1 aliphatic rings. The third kappa shape index (κ3) is 2.94. The Morgan fingerprint density at radius 2 is 2.39 bits per heavy atom. The predicted molar refractivity (Wildman–Crippen MR) is 87.0 cm³/mol. The normalized spacial score (nSPS) is 21.4. The van der Waals surface area contributed by atoms with Crippen LogP contribution in [0.4, 0.5) is 16.2 Å². The van der Waals surface area contributed by atoms with Gasteiger partial charge in [0.1, 0.15) is 17.6 Å². The number of nitrogens with two attached hydrogens (primary N) is 1. The number of alkyl halides is 1. The molecule has 1 saturated heterocycles. The van der Waals surface area contributed by atoms with E-state index in [1.165, 1.54) is 6.08 Å². The highest BCUT2D eigenvalue weighted by molar-refractivity contribution is 6.36. The second-order valence-electron chi connectivity index (χ2n) is 5.33. The zero-order valence-corrected chi connectivity index (χ0v) is 13.0. The highest BCUT2D eigenvalue weighted by Crippen LogP contribution is 2.30. The van der Waals surface area contributed by atoms with Crippen molar-refractivity contribution in [3.05, 3.63) is 23.9 Å². The van der Waals surface area contributed by atoms with Crippen molar-refractivity contribution in [3.8, 4) is 0 Å². The summed E-state index contributed by atoms with van der Waals surface area (Å²) < 4.78 is 14.3. The molecule has 2 aromatic rings. The number of rotatable bonds is 3. The minimum atomic E-state index is -1.12. The summed E-state index contributed by atoms with van der Waals surface area (Å²) in [6.45, 7) is 4.02. The van der Waals surface area contributed by atoms with Crippen molar-refractivity contribution in [2.45, 2.75) is 18.6 Å². The van der Waals surface area contributed by atoms with Gasteiger partial charge in [0.15, 0.2) is 0 Å². The van der Waals surface area contributed by atoms with Crippen LogP contribution < -0.4 is 11.1 Å². The van der Waals surface area contributed by atoms with Gasteiger partial charge in [-0.05, 0) is 12.5 Å². The predicted octanol–water partition coefficient (Wildman–Crippen LogP) is 1.73. The molecule has 2 aromatic heterocycles. The Kier molecular flexibility index (Phi) is 4.08. The summed E-state index contributed by atoms with van der Waals surface area (Å²) in [4.78, 5) is 24.3. The zero-order chi connectivity index (χ0) is 16.6. The average molecular weight is 339 g/mol. The molecule has 1 fully saturated rings. The fraction of sp³-hybridized carbons (Fsp3) is 0.357. The van der Waals surface area contributed by atoms with Gasteiger partial charge < -0.3 is 20.9 Å². The van der Waals surface area contributed by atoms with Crippen molar-refractivity contribution >= 4 is 40.3 Å². The fourth-order valence-electron chi connectivity index (χ4n) is 2.68. The molecule has 0 radical (unpaired) electrons. The van der Waals surface area contributed by atoms with Gasteiger partial charge in [0.2, 0.25) is 11.9 Å². The Morgan fingerprint density at radius 1 is 1.61 bits per heavy atom. The number of piperidine rings is 1. The lowest BCUT2D eigenvalue weighted by Crippen LogP contribution is -2.50. The summed E-state index contributed by atoms with van der Waals surface area (Å²) in [7, 11) is 0. The van der Waals surface area contributed by atoms with E-state index in [-0.39, 0.29) is 24.8 Å². The van der Waals surface area contributed by atoms with Gasteiger partial charge in [-0.2, -0.15) is 9.97 Å². The van der Waals surface area contributed by atoms with E-state index in [9.17, 15) is 9.18 Å². The first-order valence-electron chi connectivity index (χ1n) is 7.11. The first kappa shape index (κ1) is 15.5. The number of hydrogen-bond acceptors (Lipinski definition) is 5. The molecule has 0 bridgehead atoms. The summed E-state index contributed by atoms with van der Waals surface area (Å²) in [6.07, 6.45) is 1.90. The lowest BCUT2D eigenvalue weighted by molar-refractivity contribution is -0.127. The summed E-state index contributed by atoms with van der Waals surface area (Å²) in [5.74, 6) is 0.166. The monoisotopic (exact) mass is 338 g/mol. The van der Waals surface area contributed by atoms with Crippen LogP contribution in [0.25, 0.3) is 11.0 Å². The van der Waals surface area contributed by atoms with E-state index in [1.807, 2.05) is 0 Å². The van der Waals surface area contributed by atoms with Gasteiger partial charge in [-0.3, -0.25) is 4.79 Å². The van der Waals surface area contributed by atoms with Crippen molar-refractivity contribution in [2.75, 3.05) is 24.1 Å². The molecule has 122 valence electrons. The van der Waals surface area contributed by atoms with Crippen molar-refractivity contribution in [1.29, 1.82) is 0 Å². The number of aromatic nitrogens is 3. The van der Waals surface area contributed by atoms with Crippen LogP contribution in [-0.2, 0) is 4.79 Å². The number of nitrogens with zero attached hydrogens (tertiary/aromatic N) is 3. The van der Waals surface area contributed by atoms with Gasteiger partial charge in [-0.1, -0.05) is 18.2 Å². The van der Waals surface area contributed by atoms with Gasteiger partial charge in [-0.25, -0.2) is 4.39 Å². The summed E-state index contributed by atoms with van der Waals surface area (Å²) >= 11 is 6.12. The number of carbonyl (C=O) groups is 1. The molecule has 3 heterocycles. The van der Waals surface area contributed by atoms with Crippen molar-refractivity contribution in [1.82, 2.24) is 19.9 Å². The molecule has 0 aliphatic carbocycles. The van der Waals surface area contributed by atoms with Crippen LogP contribution in [0.15, 0.2) is 18.9 Å². The maximum Gasteiger partial charge on any atom is 0.246 e. The van der Waals surface area contributed by atoms with Crippen LogP contribution in [0.5, 0.6) is 0 Å². The number of nitrogen functional groups attached to an aromatic ring is 1. The minimum absolute atomic E-state index is 0.0451. The van der Waals surface area contributed by atoms with Gasteiger partial charge >= 0.3 is 0 Å². The number of hydrogen-bond donors (Lipinski definition) is 3. The third-order valence-corrected chi connectivity index (χ3v) is 4.14. The van der Waals surface area contributed by atoms with Gasteiger partial charge in [-0.15, -0.1) is 0 Å². The van der Waals surface area contributed by atoms with Gasteiger partial charge in [0.25, 0.3) is 0 Å². The van der Waals surface area contributed by atoms with E-state index < -0.39 is 12.2 Å². The van der Waals surface area contributed by atoms with Crippen molar-refractivity contribution in [2.24, 2.45) is 0 Å². The summed E-state index contributed by atoms with van der Waals surface area (Å²) in [5.41, 5.74) is 6.14. The molecular weight excluding hydrogens is 323 g/mol. The minimum Gasteiger partial charge on any atom is -0.368 e. The SMILES string of the molecule is C=CC(=O)N1CC[C@@H](F)[C@@H](Nc2nc(N)nc3[nH]cc(Cl)c23)C1. The quantitative estimate of drug-likeness (QED) is 0.740. The molecule has 0 spiro atoms. The molecule has 0 aromatic carbocycles. The number of nitrogens with one attached hydrogen (secondary N) is 2. The van der Waals surface area contributed by atoms with E-state index in [0.29, 0.717) is 28.4 Å². The first-order valence-corrected chi connectivity index (χ1v) is 7.49. The van der Waals surface area contributed by atoms with Crippen molar-refractivity contribution in [3.63, 3.8) is 0 Å². The van der Waals surface area contributed by atoms with Crippen LogP contribution in [0.2, 0.25) is 5.02 Å². The number of H-pyrrole nitrogens is 1. The molecule has 0 unspecified atom stereocenters. The largest absolute Gasteiger partial charge is 0.368 e. The Hall–Kier alpha value is -2.35. The molecule has 7 nitrogen and oxygen atoms in total. The number of fused-ring (bicyclic) bond motifs is 1. The molecule has 4 N–H and O–H groups in total. The molecule has 1 aliphatic heterocycles. The zero-order valence-electron chi connectivity index (χ0n) is 12.2. The summed E-state index contributed by atoms with van der Waals surface area (Å²) in [6, 6.07) is -0.615. The Balaban J connectivity index is 1.89. The Morgan fingerprint density at radius 3 is 3.13 bits per heavy atom. The highest BCUT2D eigenvalue weighted by atomic mass is 35.5. The molecule has 9 heteroatoms. The standard InChI is InChI=1S/C14H16ClFN6O/c1-2-10(23)22-4-3-8(16)9(6-22)19-13-11-7(15)5-18-12(11)20-14(17)21-13/h2,5,8-9H,1,3-4,6H2,(H4,17,18,19,20,21)/t8-,9+/m1/s1. The molecule has 23 heavy (non-hydrogen) atoms. The number of anilines is 2. The van der Waals surface area contributed by atoms with E-state index in [2.05, 4.69) is 26.8 Å². The van der Waals surface area contributed by atoms with Gasteiger partial charge in [0, 0.05) is 19.3 Å². The topological polar surface area (TPSA) is 99.9 Å². The molecular formula is C14H16ClFN6O. The Bertz CT molecular complexity index is 763. The van der Waals surface area contributed by atoms with Crippen LogP contribution in [-0.4, -0.2) is 51.1 Å². The highest BCUT2D eigenvalue weighted by Gasteiger charge is 2.31. The number of amides is 1. The van der Waals surface area contributed by atoms with E-state index in [0.717, 1.165) is 0 Å². The number of halogens is 2. The van der Waals surface area contributed by atoms with Gasteiger partial charge in [0.05, 0.1) is 16.5 Å². The van der Waals surface area contributed by atoms with Crippen LogP contribution >= 0.6 is 11.6 Å². The molecule has 3 rings (SSSR count). The molecule has 2 atom stereocenters. The van der Waals surface area contributed by atoms with Crippen LogP contribution in [0.1, 0.15) is 6.42 Å². The smallest absolute Gasteiger partial charge is 0.246 e. The van der Waals surface area contributed by atoms with Crippen molar-refractivity contribution < 1.29 is 9.18 Å². The number of aromatic amines is 1. The first-order chi connectivity index (χ1) is 11.0. The number of likely N-dealkylation sites (tertiary alicyclic amines) is 1. The van der Waals surface area contributed by atoms with Crippen LogP contribution in [0.3, 0.4) is 0 Å². The van der Waals surface area contributed by atoms with Crippen LogP contribution in [0, 0.1) is 0 Å². The second-order valence-corrected chi connectivity index (χ2v) is 5.74. The second kappa shape index (κ2) is 6.04. The lowest BCUT2D eigenvalue weighted by Gasteiger charge is -2.35. The molecule has 0 saturated carbocycles. The summed E-state index contributed by atoms with van der Waals surface area (Å²) in [5, 5.41) is 3.96. The fourth-order valence-corrected chi connectivity index (χ4v) is 2.92. The maximum absolute atomic E-state index is 14.3. The Labute approximate surface area is 136 Å². The third-order valence-electron chi connectivity index (χ3n) is 3.84. The average Bonchev–Trinajstić information content (AvgIpc) is 2.89. The van der Waals surface area contributed by atoms with E-state index in [1.54, 1.807) is 11.1 Å². The maximum atomic E-state index is 14.3. The van der Waals surface area contributed by atoms with E-state index >= 15 is 0 Å². The van der Waals surface area contributed by atoms with E-state index in [4.69, 9.17) is 17.3 Å². The lowest BCUT2D eigenvalue weighted by atomic mass is 10.0. The molecule has 1 amide bonds.